The van der Waals surface area contributed by atoms with Gasteiger partial charge >= 0.3 is 0 Å². The summed E-state index contributed by atoms with van der Waals surface area (Å²) in [6, 6.07) is 5.58. The van der Waals surface area contributed by atoms with Crippen molar-refractivity contribution < 1.29 is 17.5 Å². The van der Waals surface area contributed by atoms with Crippen molar-refractivity contribution >= 4 is 27.2 Å². The highest BCUT2D eigenvalue weighted by Gasteiger charge is 2.50. The fourth-order valence-corrected chi connectivity index (χ4v) is 5.99. The van der Waals surface area contributed by atoms with E-state index >= 15 is 4.39 Å². The van der Waals surface area contributed by atoms with Gasteiger partial charge in [-0.1, -0.05) is 16.8 Å². The molecule has 2 aromatic heterocycles. The van der Waals surface area contributed by atoms with Gasteiger partial charge in [-0.05, 0) is 32.0 Å². The van der Waals surface area contributed by atoms with Crippen LogP contribution >= 0.6 is 11.6 Å². The normalized spacial score (nSPS) is 24.4. The molecule has 0 fully saturated rings. The van der Waals surface area contributed by atoms with Gasteiger partial charge < -0.3 is 10.3 Å². The van der Waals surface area contributed by atoms with Crippen LogP contribution in [0.15, 0.2) is 50.5 Å². The molecule has 0 saturated heterocycles. The number of nitrogens with zero attached hydrogens (tertiary/aromatic N) is 5. The number of aromatic nitrogens is 3. The average Bonchev–Trinajstić information content (AvgIpc) is 3.28. The summed E-state index contributed by atoms with van der Waals surface area (Å²) in [5.41, 5.74) is 4.95. The average molecular weight is 495 g/mol. The first-order chi connectivity index (χ1) is 15.5. The second-order valence-electron chi connectivity index (χ2n) is 8.14. The predicted octanol–water partition coefficient (Wildman–Crippen LogP) is 4.00. The Hall–Kier alpha value is -2.92. The molecular weight excluding hydrogens is 474 g/mol. The van der Waals surface area contributed by atoms with Crippen LogP contribution in [0.3, 0.4) is 0 Å². The molecule has 33 heavy (non-hydrogen) atoms. The van der Waals surface area contributed by atoms with Gasteiger partial charge in [0, 0.05) is 36.6 Å². The summed E-state index contributed by atoms with van der Waals surface area (Å²) in [4.78, 5) is 12.5. The number of hydrogen-bond donors (Lipinski definition) is 1. The van der Waals surface area contributed by atoms with Gasteiger partial charge in [0.1, 0.15) is 28.6 Å². The Balaban J connectivity index is 1.82. The predicted molar refractivity (Wildman–Crippen MR) is 123 cm³/mol. The number of aliphatic imine (C=N–C) groups is 1. The molecule has 0 amide bonds. The maximum absolute atomic E-state index is 15.0. The van der Waals surface area contributed by atoms with Crippen LogP contribution in [-0.2, 0) is 15.3 Å². The number of rotatable bonds is 4. The topological polar surface area (TPSA) is 120 Å². The van der Waals surface area contributed by atoms with E-state index in [1.165, 1.54) is 37.6 Å². The number of nitrogens with two attached hydrogens (primary N) is 1. The van der Waals surface area contributed by atoms with Gasteiger partial charge in [0.15, 0.2) is 17.3 Å². The summed E-state index contributed by atoms with van der Waals surface area (Å²) >= 11 is 5.81. The van der Waals surface area contributed by atoms with E-state index in [1.54, 1.807) is 19.9 Å². The van der Waals surface area contributed by atoms with Gasteiger partial charge in [0.05, 0.1) is 20.5 Å². The van der Waals surface area contributed by atoms with Gasteiger partial charge in [0.25, 0.3) is 0 Å². The van der Waals surface area contributed by atoms with E-state index in [0.717, 1.165) is 0 Å². The molecule has 0 unspecified atom stereocenters. The molecule has 0 spiro atoms. The van der Waals surface area contributed by atoms with Gasteiger partial charge in [-0.25, -0.2) is 27.3 Å². The quantitative estimate of drug-likeness (QED) is 0.585. The van der Waals surface area contributed by atoms with Crippen molar-refractivity contribution in [2.45, 2.75) is 24.1 Å². The molecule has 174 valence electrons. The fraction of sp³-hybridized carbons (Fsp3) is 0.333. The molecule has 8 nitrogen and oxygen atoms in total. The van der Waals surface area contributed by atoms with E-state index in [1.807, 2.05) is 0 Å². The second-order valence-corrected chi connectivity index (χ2v) is 11.5. The molecule has 12 heteroatoms. The number of halogens is 3. The van der Waals surface area contributed by atoms with E-state index in [4.69, 9.17) is 21.9 Å². The Kier molecular flexibility index (Phi) is 5.73. The Bertz CT molecular complexity index is 1370. The molecule has 2 atom stereocenters. The third kappa shape index (κ3) is 3.78. The third-order valence-corrected chi connectivity index (χ3v) is 9.27. The van der Waals surface area contributed by atoms with Crippen LogP contribution in [0.1, 0.15) is 19.4 Å². The highest BCUT2D eigenvalue weighted by Crippen LogP contribution is 2.41. The van der Waals surface area contributed by atoms with Crippen molar-refractivity contribution in [2.24, 2.45) is 15.1 Å². The zero-order chi connectivity index (χ0) is 24.0. The molecule has 2 N–H and O–H groups in total. The molecule has 0 saturated carbocycles. The summed E-state index contributed by atoms with van der Waals surface area (Å²) in [6.07, 6.45) is 2.84. The second kappa shape index (κ2) is 8.14. The summed E-state index contributed by atoms with van der Waals surface area (Å²) in [5.74, 6) is -0.526. The van der Waals surface area contributed by atoms with E-state index in [9.17, 15) is 8.60 Å². The highest BCUT2D eigenvalue weighted by atomic mass is 35.5. The van der Waals surface area contributed by atoms with Crippen molar-refractivity contribution in [3.63, 3.8) is 0 Å². The molecule has 1 aromatic carbocycles. The smallest absolute Gasteiger partial charge is 0.181 e. The summed E-state index contributed by atoms with van der Waals surface area (Å²) in [7, 11) is -1.67. The van der Waals surface area contributed by atoms with Gasteiger partial charge in [0.2, 0.25) is 0 Å². The number of benzene rings is 1. The molecular formula is C21H21ClF2N6O2S. The minimum Gasteiger partial charge on any atom is -0.386 e. The van der Waals surface area contributed by atoms with Gasteiger partial charge in [-0.2, -0.15) is 0 Å². The lowest BCUT2D eigenvalue weighted by molar-refractivity contribution is 0.326. The minimum absolute atomic E-state index is 0.0476. The number of amidine groups is 1. The Morgan fingerprint density at radius 2 is 1.97 bits per heavy atom. The monoisotopic (exact) mass is 494 g/mol. The van der Waals surface area contributed by atoms with Crippen LogP contribution in [-0.4, -0.2) is 49.4 Å². The lowest BCUT2D eigenvalue weighted by atomic mass is 9.90. The molecule has 1 aliphatic heterocycles. The number of hydrogen-bond acceptors (Lipinski definition) is 8. The van der Waals surface area contributed by atoms with Crippen LogP contribution in [0, 0.1) is 5.82 Å². The van der Waals surface area contributed by atoms with Crippen LogP contribution in [0.4, 0.5) is 8.78 Å². The van der Waals surface area contributed by atoms with Crippen molar-refractivity contribution in [3.05, 3.63) is 53.1 Å². The lowest BCUT2D eigenvalue weighted by Crippen LogP contribution is -2.56. The summed E-state index contributed by atoms with van der Waals surface area (Å²) < 4.78 is 51.4. The van der Waals surface area contributed by atoms with Crippen LogP contribution < -0.4 is 5.73 Å². The third-order valence-electron chi connectivity index (χ3n) is 5.81. The zero-order valence-corrected chi connectivity index (χ0v) is 19.6. The molecule has 3 aromatic rings. The first-order valence-corrected chi connectivity index (χ1v) is 11.9. The molecule has 1 aliphatic rings. The molecule has 3 heterocycles. The lowest BCUT2D eigenvalue weighted by Gasteiger charge is -2.41. The van der Waals surface area contributed by atoms with Gasteiger partial charge in [-0.15, -0.1) is 0 Å². The minimum atomic E-state index is -3.05. The van der Waals surface area contributed by atoms with E-state index in [0.29, 0.717) is 16.3 Å². The molecule has 0 bridgehead atoms. The van der Waals surface area contributed by atoms with E-state index in [-0.39, 0.29) is 28.7 Å². The summed E-state index contributed by atoms with van der Waals surface area (Å²) in [6.45, 7) is 2.15. The van der Waals surface area contributed by atoms with Crippen molar-refractivity contribution in [1.82, 2.24) is 15.1 Å². The Labute approximate surface area is 194 Å². The van der Waals surface area contributed by atoms with E-state index < -0.39 is 32.5 Å². The van der Waals surface area contributed by atoms with Crippen molar-refractivity contribution in [1.29, 1.82) is 0 Å². The first-order valence-electron chi connectivity index (χ1n) is 9.84. The van der Waals surface area contributed by atoms with Crippen molar-refractivity contribution in [3.8, 4) is 22.8 Å². The van der Waals surface area contributed by atoms with E-state index in [2.05, 4.69) is 24.5 Å². The summed E-state index contributed by atoms with van der Waals surface area (Å²) in [5, 5.41) is 4.31. The highest BCUT2D eigenvalue weighted by molar-refractivity contribution is 7.95. The van der Waals surface area contributed by atoms with Gasteiger partial charge in [-0.3, -0.25) is 4.99 Å². The Morgan fingerprint density at radius 1 is 1.27 bits per heavy atom. The molecule has 0 radical (unpaired) electrons. The maximum Gasteiger partial charge on any atom is 0.181 e. The first kappa shape index (κ1) is 23.2. The maximum atomic E-state index is 15.0. The molecule has 4 rings (SSSR count). The standard InChI is InChI=1S/C21H21ClF2N6O2S/c1-20(2)19(25)29-21(10-23,11-33(20,31)26-3)14-6-12(4-5-15(14)24)17-7-16(30-32-17)18-27-8-13(22)9-28-18/h4-9H,10-11H2,1-3H3,(H2,25,29)/t21-,33+/m1/s1. The largest absolute Gasteiger partial charge is 0.386 e. The number of alkyl halides is 1. The Morgan fingerprint density at radius 3 is 2.61 bits per heavy atom. The SMILES string of the molecule is CN=[S@]1(=O)C[C@](CF)(c2cc(-c3cc(-c4ncc(Cl)cn4)no3)ccc2F)N=C(N)C1(C)C. The zero-order valence-electron chi connectivity index (χ0n) is 18.1. The van der Waals surface area contributed by atoms with Crippen LogP contribution in [0.25, 0.3) is 22.8 Å². The van der Waals surface area contributed by atoms with Crippen LogP contribution in [0.2, 0.25) is 5.02 Å². The molecule has 0 aliphatic carbocycles. The van der Waals surface area contributed by atoms with Crippen molar-refractivity contribution in [2.75, 3.05) is 19.5 Å². The fourth-order valence-electron chi connectivity index (χ4n) is 3.63. The van der Waals surface area contributed by atoms with Crippen LogP contribution in [0.5, 0.6) is 0 Å².